The predicted molar refractivity (Wildman–Crippen MR) is 72.0 cm³/mol. The van der Waals surface area contributed by atoms with Gasteiger partial charge in [0.1, 0.15) is 0 Å². The minimum absolute atomic E-state index is 0.0154. The molecule has 0 aliphatic carbocycles. The molecule has 1 N–H and O–H groups in total. The standard InChI is InChI=1S/C13H20N2O2S/c1-10-6-4-5-7-13(10)18(16,17)15-11(2)8-14-9-12(15)3/h4-7,11-12,14H,8-9H2,1-3H3. The molecule has 4 nitrogen and oxygen atoms in total. The number of piperazine rings is 1. The summed E-state index contributed by atoms with van der Waals surface area (Å²) in [7, 11) is -3.40. The van der Waals surface area contributed by atoms with E-state index in [0.717, 1.165) is 5.56 Å². The molecule has 2 unspecified atom stereocenters. The number of sulfonamides is 1. The summed E-state index contributed by atoms with van der Waals surface area (Å²) in [5.74, 6) is 0. The lowest BCUT2D eigenvalue weighted by molar-refractivity contribution is 0.220. The van der Waals surface area contributed by atoms with Crippen LogP contribution in [-0.2, 0) is 10.0 Å². The van der Waals surface area contributed by atoms with Crippen molar-refractivity contribution in [1.82, 2.24) is 9.62 Å². The monoisotopic (exact) mass is 268 g/mol. The highest BCUT2D eigenvalue weighted by molar-refractivity contribution is 7.89. The van der Waals surface area contributed by atoms with Crippen molar-refractivity contribution < 1.29 is 8.42 Å². The summed E-state index contributed by atoms with van der Waals surface area (Å²) in [6, 6.07) is 7.13. The van der Waals surface area contributed by atoms with Gasteiger partial charge in [0.25, 0.3) is 0 Å². The van der Waals surface area contributed by atoms with Gasteiger partial charge in [0, 0.05) is 25.2 Å². The molecule has 100 valence electrons. The molecule has 0 amide bonds. The van der Waals surface area contributed by atoms with Gasteiger partial charge in [-0.05, 0) is 32.4 Å². The van der Waals surface area contributed by atoms with E-state index in [9.17, 15) is 8.42 Å². The predicted octanol–water partition coefficient (Wildman–Crippen LogP) is 1.37. The van der Waals surface area contributed by atoms with Gasteiger partial charge in [0.2, 0.25) is 10.0 Å². The number of nitrogens with zero attached hydrogens (tertiary/aromatic N) is 1. The van der Waals surface area contributed by atoms with Gasteiger partial charge in [-0.2, -0.15) is 4.31 Å². The summed E-state index contributed by atoms with van der Waals surface area (Å²) in [5.41, 5.74) is 0.801. The van der Waals surface area contributed by atoms with Crippen LogP contribution in [0.15, 0.2) is 29.2 Å². The third kappa shape index (κ3) is 2.30. The molecule has 2 atom stereocenters. The van der Waals surface area contributed by atoms with E-state index < -0.39 is 10.0 Å². The van der Waals surface area contributed by atoms with E-state index in [1.807, 2.05) is 32.9 Å². The zero-order valence-corrected chi connectivity index (χ0v) is 11.9. The number of rotatable bonds is 2. The molecule has 1 aliphatic rings. The molecule has 0 spiro atoms. The lowest BCUT2D eigenvalue weighted by Gasteiger charge is -2.38. The fourth-order valence-electron chi connectivity index (χ4n) is 2.55. The lowest BCUT2D eigenvalue weighted by atomic mass is 10.2. The van der Waals surface area contributed by atoms with Gasteiger partial charge in [-0.15, -0.1) is 0 Å². The van der Waals surface area contributed by atoms with Crippen LogP contribution in [0.4, 0.5) is 0 Å². The zero-order valence-electron chi connectivity index (χ0n) is 11.1. The smallest absolute Gasteiger partial charge is 0.243 e. The summed E-state index contributed by atoms with van der Waals surface area (Å²) < 4.78 is 27.1. The highest BCUT2D eigenvalue weighted by Crippen LogP contribution is 2.24. The third-order valence-electron chi connectivity index (χ3n) is 3.40. The average Bonchev–Trinajstić information content (AvgIpc) is 2.28. The van der Waals surface area contributed by atoms with E-state index in [2.05, 4.69) is 5.32 Å². The van der Waals surface area contributed by atoms with Gasteiger partial charge < -0.3 is 5.32 Å². The van der Waals surface area contributed by atoms with Crippen molar-refractivity contribution in [1.29, 1.82) is 0 Å². The fourth-order valence-corrected chi connectivity index (χ4v) is 4.60. The van der Waals surface area contributed by atoms with Gasteiger partial charge in [-0.3, -0.25) is 0 Å². The molecule has 0 aromatic heterocycles. The number of benzene rings is 1. The molecular weight excluding hydrogens is 248 g/mol. The van der Waals surface area contributed by atoms with Gasteiger partial charge in [-0.25, -0.2) is 8.42 Å². The first kappa shape index (κ1) is 13.5. The topological polar surface area (TPSA) is 49.4 Å². The van der Waals surface area contributed by atoms with Crippen molar-refractivity contribution in [2.75, 3.05) is 13.1 Å². The minimum Gasteiger partial charge on any atom is -0.314 e. The molecular formula is C13H20N2O2S. The van der Waals surface area contributed by atoms with Crippen LogP contribution in [0.1, 0.15) is 19.4 Å². The molecule has 0 saturated carbocycles. The Morgan fingerprint density at radius 2 is 1.72 bits per heavy atom. The molecule has 1 aromatic rings. The largest absolute Gasteiger partial charge is 0.314 e. The Kier molecular flexibility index (Phi) is 3.75. The molecule has 0 radical (unpaired) electrons. The molecule has 1 heterocycles. The van der Waals surface area contributed by atoms with Crippen molar-refractivity contribution in [2.45, 2.75) is 37.8 Å². The summed E-state index contributed by atoms with van der Waals surface area (Å²) in [6.45, 7) is 7.13. The first-order chi connectivity index (χ1) is 8.44. The number of hydrogen-bond donors (Lipinski definition) is 1. The molecule has 0 bridgehead atoms. The van der Waals surface area contributed by atoms with Gasteiger partial charge in [-0.1, -0.05) is 18.2 Å². The minimum atomic E-state index is -3.40. The van der Waals surface area contributed by atoms with E-state index in [4.69, 9.17) is 0 Å². The highest BCUT2D eigenvalue weighted by Gasteiger charge is 2.36. The summed E-state index contributed by atoms with van der Waals surface area (Å²) in [6.07, 6.45) is 0. The Bertz CT molecular complexity index is 518. The molecule has 18 heavy (non-hydrogen) atoms. The second-order valence-corrected chi connectivity index (χ2v) is 6.77. The maximum atomic E-state index is 12.7. The van der Waals surface area contributed by atoms with Gasteiger partial charge in [0.05, 0.1) is 4.90 Å². The zero-order chi connectivity index (χ0) is 13.3. The molecule has 2 rings (SSSR count). The van der Waals surface area contributed by atoms with Crippen LogP contribution in [0.3, 0.4) is 0 Å². The van der Waals surface area contributed by atoms with Crippen LogP contribution in [-0.4, -0.2) is 37.9 Å². The Morgan fingerprint density at radius 3 is 2.28 bits per heavy atom. The van der Waals surface area contributed by atoms with Gasteiger partial charge in [0.15, 0.2) is 0 Å². The number of aryl methyl sites for hydroxylation is 1. The van der Waals surface area contributed by atoms with Crippen LogP contribution in [0.25, 0.3) is 0 Å². The first-order valence-electron chi connectivity index (χ1n) is 6.24. The molecule has 1 fully saturated rings. The van der Waals surface area contributed by atoms with Crippen molar-refractivity contribution in [3.63, 3.8) is 0 Å². The second kappa shape index (κ2) is 4.99. The Labute approximate surface area is 109 Å². The molecule has 1 aliphatic heterocycles. The maximum Gasteiger partial charge on any atom is 0.243 e. The molecule has 1 saturated heterocycles. The van der Waals surface area contributed by atoms with Crippen molar-refractivity contribution >= 4 is 10.0 Å². The van der Waals surface area contributed by atoms with Crippen LogP contribution >= 0.6 is 0 Å². The van der Waals surface area contributed by atoms with E-state index in [1.54, 1.807) is 16.4 Å². The van der Waals surface area contributed by atoms with Crippen molar-refractivity contribution in [2.24, 2.45) is 0 Å². The van der Waals surface area contributed by atoms with Crippen LogP contribution < -0.4 is 5.32 Å². The Balaban J connectivity index is 2.45. The summed E-state index contributed by atoms with van der Waals surface area (Å²) >= 11 is 0. The maximum absolute atomic E-state index is 12.7. The summed E-state index contributed by atoms with van der Waals surface area (Å²) in [4.78, 5) is 0.422. The SMILES string of the molecule is Cc1ccccc1S(=O)(=O)N1C(C)CNCC1C. The van der Waals surface area contributed by atoms with Crippen molar-refractivity contribution in [3.05, 3.63) is 29.8 Å². The van der Waals surface area contributed by atoms with Crippen LogP contribution in [0, 0.1) is 6.92 Å². The number of nitrogens with one attached hydrogen (secondary N) is 1. The van der Waals surface area contributed by atoms with E-state index >= 15 is 0 Å². The highest BCUT2D eigenvalue weighted by atomic mass is 32.2. The molecule has 5 heteroatoms. The van der Waals surface area contributed by atoms with Crippen molar-refractivity contribution in [3.8, 4) is 0 Å². The summed E-state index contributed by atoms with van der Waals surface area (Å²) in [5, 5.41) is 3.25. The van der Waals surface area contributed by atoms with Crippen LogP contribution in [0.2, 0.25) is 0 Å². The molecule has 1 aromatic carbocycles. The van der Waals surface area contributed by atoms with E-state index in [0.29, 0.717) is 18.0 Å². The lowest BCUT2D eigenvalue weighted by Crippen LogP contribution is -2.57. The Morgan fingerprint density at radius 1 is 1.17 bits per heavy atom. The Hall–Kier alpha value is -0.910. The normalized spacial score (nSPS) is 26.2. The fraction of sp³-hybridized carbons (Fsp3) is 0.538. The average molecular weight is 268 g/mol. The van der Waals surface area contributed by atoms with Crippen LogP contribution in [0.5, 0.6) is 0 Å². The number of hydrogen-bond acceptors (Lipinski definition) is 3. The third-order valence-corrected chi connectivity index (χ3v) is 5.69. The van der Waals surface area contributed by atoms with Gasteiger partial charge >= 0.3 is 0 Å². The van der Waals surface area contributed by atoms with E-state index in [-0.39, 0.29) is 12.1 Å². The van der Waals surface area contributed by atoms with E-state index in [1.165, 1.54) is 0 Å². The quantitative estimate of drug-likeness (QED) is 0.881. The first-order valence-corrected chi connectivity index (χ1v) is 7.68. The second-order valence-electron chi connectivity index (χ2n) is 4.96.